The molecule has 150 valence electrons. The van der Waals surface area contributed by atoms with Crippen molar-refractivity contribution in [3.8, 4) is 11.3 Å². The van der Waals surface area contributed by atoms with E-state index in [9.17, 15) is 22.8 Å². The molecule has 0 unspecified atom stereocenters. The number of alkyl halides is 3. The van der Waals surface area contributed by atoms with Gasteiger partial charge in [-0.15, -0.1) is 17.9 Å². The number of pyridine rings is 1. The molecule has 0 saturated carbocycles. The summed E-state index contributed by atoms with van der Waals surface area (Å²) in [5.41, 5.74) is -1.04. The first-order valence-electron chi connectivity index (χ1n) is 8.50. The molecule has 1 amide bonds. The zero-order valence-electron chi connectivity index (χ0n) is 15.1. The molecule has 2 heterocycles. The van der Waals surface area contributed by atoms with Crippen LogP contribution in [0.5, 0.6) is 0 Å². The van der Waals surface area contributed by atoms with E-state index in [2.05, 4.69) is 11.6 Å². The number of anilines is 1. The predicted octanol–water partition coefficient (Wildman–Crippen LogP) is 4.21. The van der Waals surface area contributed by atoms with Crippen molar-refractivity contribution >= 4 is 22.4 Å². The second kappa shape index (κ2) is 8.44. The Kier molecular flexibility index (Phi) is 5.97. The predicted molar refractivity (Wildman–Crippen MR) is 106 cm³/mol. The number of rotatable bonds is 6. The fourth-order valence-electron chi connectivity index (χ4n) is 2.65. The molecule has 3 aromatic rings. The molecule has 0 aliphatic carbocycles. The third-order valence-electron chi connectivity index (χ3n) is 4.04. The maximum Gasteiger partial charge on any atom is 0.421 e. The molecule has 9 heteroatoms. The first kappa shape index (κ1) is 20.5. The highest BCUT2D eigenvalue weighted by atomic mass is 32.1. The maximum absolute atomic E-state index is 12.9. The number of hydrogen-bond donors (Lipinski definition) is 0. The minimum atomic E-state index is -4.79. The van der Waals surface area contributed by atoms with Gasteiger partial charge in [0.1, 0.15) is 12.1 Å². The van der Waals surface area contributed by atoms with Crippen molar-refractivity contribution in [1.82, 2.24) is 9.55 Å². The van der Waals surface area contributed by atoms with Crippen LogP contribution in [0.3, 0.4) is 0 Å². The van der Waals surface area contributed by atoms with Gasteiger partial charge in [0.2, 0.25) is 5.91 Å². The summed E-state index contributed by atoms with van der Waals surface area (Å²) in [6.07, 6.45) is -2.15. The molecule has 0 fully saturated rings. The van der Waals surface area contributed by atoms with E-state index in [-0.39, 0.29) is 6.54 Å². The van der Waals surface area contributed by atoms with Gasteiger partial charge in [-0.3, -0.25) is 14.5 Å². The van der Waals surface area contributed by atoms with Gasteiger partial charge in [-0.25, -0.2) is 4.98 Å². The second-order valence-electron chi connectivity index (χ2n) is 6.03. The van der Waals surface area contributed by atoms with Crippen LogP contribution in [0.4, 0.5) is 18.3 Å². The smallest absolute Gasteiger partial charge is 0.306 e. The van der Waals surface area contributed by atoms with Gasteiger partial charge in [0.15, 0.2) is 5.13 Å². The molecule has 1 aromatic carbocycles. The van der Waals surface area contributed by atoms with Gasteiger partial charge in [0.05, 0.1) is 5.69 Å². The molecular formula is C20H16F3N3O2S. The Bertz CT molecular complexity index is 1070. The molecule has 0 radical (unpaired) electrons. The van der Waals surface area contributed by atoms with E-state index in [4.69, 9.17) is 0 Å². The van der Waals surface area contributed by atoms with E-state index in [1.54, 1.807) is 5.38 Å². The summed E-state index contributed by atoms with van der Waals surface area (Å²) in [6.45, 7) is 3.17. The topological polar surface area (TPSA) is 55.2 Å². The Labute approximate surface area is 168 Å². The molecule has 2 aromatic heterocycles. The number of hydrogen-bond acceptors (Lipinski definition) is 4. The minimum Gasteiger partial charge on any atom is -0.306 e. The summed E-state index contributed by atoms with van der Waals surface area (Å²) in [7, 11) is 0. The first-order chi connectivity index (χ1) is 13.8. The second-order valence-corrected chi connectivity index (χ2v) is 6.86. The van der Waals surface area contributed by atoms with Gasteiger partial charge in [0.25, 0.3) is 5.56 Å². The molecule has 0 atom stereocenters. The quantitative estimate of drug-likeness (QED) is 0.563. The van der Waals surface area contributed by atoms with Crippen LogP contribution >= 0.6 is 11.3 Å². The molecule has 0 N–H and O–H groups in total. The van der Waals surface area contributed by atoms with Crippen molar-refractivity contribution in [1.29, 1.82) is 0 Å². The number of carbonyl (C=O) groups excluding carboxylic acids is 1. The molecule has 3 rings (SSSR count). The molecule has 0 bridgehead atoms. The van der Waals surface area contributed by atoms with Gasteiger partial charge < -0.3 is 4.57 Å². The highest BCUT2D eigenvalue weighted by Gasteiger charge is 2.34. The molecule has 0 saturated heterocycles. The van der Waals surface area contributed by atoms with Crippen LogP contribution in [0, 0.1) is 0 Å². The van der Waals surface area contributed by atoms with E-state index in [1.165, 1.54) is 22.3 Å². The van der Waals surface area contributed by atoms with Crippen molar-refractivity contribution < 1.29 is 18.0 Å². The van der Waals surface area contributed by atoms with Crippen molar-refractivity contribution in [3.63, 3.8) is 0 Å². The van der Waals surface area contributed by atoms with Crippen LogP contribution in [-0.4, -0.2) is 22.0 Å². The zero-order chi connectivity index (χ0) is 21.0. The largest absolute Gasteiger partial charge is 0.421 e. The van der Waals surface area contributed by atoms with Gasteiger partial charge in [-0.05, 0) is 12.1 Å². The van der Waals surface area contributed by atoms with Gasteiger partial charge >= 0.3 is 6.18 Å². The lowest BCUT2D eigenvalue weighted by atomic mass is 10.2. The maximum atomic E-state index is 12.9. The van der Waals surface area contributed by atoms with Crippen LogP contribution in [0.15, 0.2) is 71.5 Å². The highest BCUT2D eigenvalue weighted by Crippen LogP contribution is 2.28. The van der Waals surface area contributed by atoms with Crippen molar-refractivity contribution in [2.75, 3.05) is 11.4 Å². The molecule has 0 aliphatic heterocycles. The minimum absolute atomic E-state index is 0.105. The monoisotopic (exact) mass is 419 g/mol. The molecule has 0 aliphatic rings. The number of benzene rings is 1. The van der Waals surface area contributed by atoms with Crippen LogP contribution in [0.25, 0.3) is 11.3 Å². The van der Waals surface area contributed by atoms with Crippen LogP contribution in [0.2, 0.25) is 0 Å². The first-order valence-corrected chi connectivity index (χ1v) is 9.38. The average Bonchev–Trinajstić information content (AvgIpc) is 3.17. The summed E-state index contributed by atoms with van der Waals surface area (Å²) in [5.74, 6) is -0.569. The molecule has 0 spiro atoms. The number of nitrogens with zero attached hydrogens (tertiary/aromatic N) is 3. The SMILES string of the molecule is C=CCN(C(=O)Cn1cccc(C(F)(F)F)c1=O)c1nc(-c2ccccc2)cs1. The Hall–Kier alpha value is -3.20. The van der Waals surface area contributed by atoms with E-state index in [1.807, 2.05) is 30.3 Å². The fraction of sp³-hybridized carbons (Fsp3) is 0.150. The number of aromatic nitrogens is 2. The Morgan fingerprint density at radius 3 is 2.59 bits per heavy atom. The summed E-state index contributed by atoms with van der Waals surface area (Å²) in [5, 5.41) is 2.15. The normalized spacial score (nSPS) is 11.3. The third kappa shape index (κ3) is 4.62. The fourth-order valence-corrected chi connectivity index (χ4v) is 3.51. The zero-order valence-corrected chi connectivity index (χ0v) is 15.9. The van der Waals surface area contributed by atoms with Crippen LogP contribution in [-0.2, 0) is 17.5 Å². The van der Waals surface area contributed by atoms with Crippen molar-refractivity contribution in [2.24, 2.45) is 0 Å². The Morgan fingerprint density at radius 1 is 1.21 bits per heavy atom. The number of amides is 1. The van der Waals surface area contributed by atoms with E-state index in [0.29, 0.717) is 16.9 Å². The summed E-state index contributed by atoms with van der Waals surface area (Å²) in [6, 6.07) is 11.1. The van der Waals surface area contributed by atoms with E-state index >= 15 is 0 Å². The summed E-state index contributed by atoms with van der Waals surface area (Å²) in [4.78, 5) is 30.6. The lowest BCUT2D eigenvalue weighted by Gasteiger charge is -2.19. The van der Waals surface area contributed by atoms with E-state index < -0.39 is 29.8 Å². The molecule has 5 nitrogen and oxygen atoms in total. The summed E-state index contributed by atoms with van der Waals surface area (Å²) >= 11 is 1.22. The summed E-state index contributed by atoms with van der Waals surface area (Å²) < 4.78 is 39.6. The molecular weight excluding hydrogens is 403 g/mol. The van der Waals surface area contributed by atoms with E-state index in [0.717, 1.165) is 22.4 Å². The Balaban J connectivity index is 1.87. The standard InChI is InChI=1S/C20H16F3N3O2S/c1-2-10-26(19-24-16(13-29-19)14-7-4-3-5-8-14)17(27)12-25-11-6-9-15(18(25)28)20(21,22)23/h2-9,11,13H,1,10,12H2. The van der Waals surface area contributed by atoms with Gasteiger partial charge in [-0.2, -0.15) is 13.2 Å². The van der Waals surface area contributed by atoms with Gasteiger partial charge in [0, 0.05) is 23.7 Å². The third-order valence-corrected chi connectivity index (χ3v) is 4.90. The number of carbonyl (C=O) groups is 1. The van der Waals surface area contributed by atoms with Crippen LogP contribution in [0.1, 0.15) is 5.56 Å². The van der Waals surface area contributed by atoms with Crippen molar-refractivity contribution in [3.05, 3.63) is 82.6 Å². The highest BCUT2D eigenvalue weighted by molar-refractivity contribution is 7.14. The average molecular weight is 419 g/mol. The molecule has 29 heavy (non-hydrogen) atoms. The van der Waals surface area contributed by atoms with Crippen LogP contribution < -0.4 is 10.5 Å². The van der Waals surface area contributed by atoms with Crippen molar-refractivity contribution in [2.45, 2.75) is 12.7 Å². The lowest BCUT2D eigenvalue weighted by Crippen LogP contribution is -2.38. The Morgan fingerprint density at radius 2 is 1.93 bits per heavy atom. The number of halogens is 3. The lowest BCUT2D eigenvalue weighted by molar-refractivity contribution is -0.139. The number of thiazole rings is 1. The van der Waals surface area contributed by atoms with Gasteiger partial charge in [-0.1, -0.05) is 36.4 Å².